The van der Waals surface area contributed by atoms with Gasteiger partial charge in [0, 0.05) is 21.7 Å². The summed E-state index contributed by atoms with van der Waals surface area (Å²) in [6.07, 6.45) is 1.80. The highest BCUT2D eigenvalue weighted by molar-refractivity contribution is 9.10. The number of nitrogens with zero attached hydrogens (tertiary/aromatic N) is 3. The Morgan fingerprint density at radius 3 is 2.54 bits per heavy atom. The van der Waals surface area contributed by atoms with Crippen LogP contribution in [0.5, 0.6) is 0 Å². The molecule has 0 amide bonds. The first kappa shape index (κ1) is 14.9. The molecule has 24 heavy (non-hydrogen) atoms. The number of nitrogens with two attached hydrogens (primary N) is 1. The Morgan fingerprint density at radius 1 is 1.00 bits per heavy atom. The molecular weight excluding hydrogens is 364 g/mol. The molecule has 2 heterocycles. The maximum absolute atomic E-state index is 6.20. The molecule has 0 saturated carbocycles. The topological polar surface area (TPSA) is 56.2 Å². The van der Waals surface area contributed by atoms with Gasteiger partial charge in [0.05, 0.1) is 11.9 Å². The molecule has 118 valence electrons. The van der Waals surface area contributed by atoms with Crippen LogP contribution in [0.1, 0.15) is 5.56 Å². The minimum atomic E-state index is 0.567. The fourth-order valence-corrected chi connectivity index (χ4v) is 3.12. The van der Waals surface area contributed by atoms with Gasteiger partial charge in [-0.25, -0.2) is 4.98 Å². The molecule has 0 unspecified atom stereocenters. The lowest BCUT2D eigenvalue weighted by Gasteiger charge is -2.07. The van der Waals surface area contributed by atoms with Crippen molar-refractivity contribution in [3.63, 3.8) is 0 Å². The fraction of sp³-hybridized carbons (Fsp3) is 0.0526. The second-order valence-electron chi connectivity index (χ2n) is 5.74. The Labute approximate surface area is 148 Å². The Bertz CT molecular complexity index is 1040. The molecule has 0 aliphatic heterocycles. The highest BCUT2D eigenvalue weighted by atomic mass is 79.9. The van der Waals surface area contributed by atoms with E-state index in [4.69, 9.17) is 10.7 Å². The Hall–Kier alpha value is -2.66. The van der Waals surface area contributed by atoms with E-state index < -0.39 is 0 Å². The predicted molar refractivity (Wildman–Crippen MR) is 101 cm³/mol. The third kappa shape index (κ3) is 2.57. The van der Waals surface area contributed by atoms with Gasteiger partial charge in [-0.2, -0.15) is 9.61 Å². The van der Waals surface area contributed by atoms with E-state index in [1.807, 2.05) is 30.3 Å². The van der Waals surface area contributed by atoms with Gasteiger partial charge in [-0.3, -0.25) is 0 Å². The van der Waals surface area contributed by atoms with E-state index in [0.29, 0.717) is 5.82 Å². The molecule has 0 saturated heterocycles. The van der Waals surface area contributed by atoms with Crippen molar-refractivity contribution in [3.8, 4) is 22.4 Å². The summed E-state index contributed by atoms with van der Waals surface area (Å²) in [5.41, 5.74) is 12.1. The highest BCUT2D eigenvalue weighted by Gasteiger charge is 2.12. The van der Waals surface area contributed by atoms with Crippen molar-refractivity contribution in [1.82, 2.24) is 14.6 Å². The Balaban J connectivity index is 1.93. The quantitative estimate of drug-likeness (QED) is 0.549. The van der Waals surface area contributed by atoms with Crippen molar-refractivity contribution in [2.45, 2.75) is 6.92 Å². The summed E-state index contributed by atoms with van der Waals surface area (Å²) in [4.78, 5) is 4.81. The van der Waals surface area contributed by atoms with E-state index in [-0.39, 0.29) is 0 Å². The predicted octanol–water partition coefficient (Wildman–Crippen LogP) is 4.72. The summed E-state index contributed by atoms with van der Waals surface area (Å²) in [7, 11) is 0. The van der Waals surface area contributed by atoms with Gasteiger partial charge in [0.2, 0.25) is 0 Å². The number of halogens is 1. The standard InChI is InChI=1S/C19H15BrN4/c1-12-5-7-13(8-6-12)17-10-18(21)24-19(23-17)16(11-22-24)14-3-2-4-15(20)9-14/h2-11H,21H2,1H3. The van der Waals surface area contributed by atoms with Crippen molar-refractivity contribution in [1.29, 1.82) is 0 Å². The van der Waals surface area contributed by atoms with Crippen molar-refractivity contribution < 1.29 is 0 Å². The summed E-state index contributed by atoms with van der Waals surface area (Å²) in [5, 5.41) is 4.39. The molecule has 2 aromatic carbocycles. The smallest absolute Gasteiger partial charge is 0.165 e. The largest absolute Gasteiger partial charge is 0.384 e. The molecule has 0 bridgehead atoms. The number of nitrogen functional groups attached to an aromatic ring is 1. The van der Waals surface area contributed by atoms with Crippen molar-refractivity contribution >= 4 is 27.4 Å². The molecule has 0 fully saturated rings. The normalized spacial score (nSPS) is 11.1. The number of fused-ring (bicyclic) bond motifs is 1. The minimum Gasteiger partial charge on any atom is -0.384 e. The molecule has 4 nitrogen and oxygen atoms in total. The maximum Gasteiger partial charge on any atom is 0.165 e. The molecule has 0 aliphatic rings. The van der Waals surface area contributed by atoms with E-state index >= 15 is 0 Å². The SMILES string of the molecule is Cc1ccc(-c2cc(N)n3ncc(-c4cccc(Br)c4)c3n2)cc1. The third-order valence-electron chi connectivity index (χ3n) is 3.98. The second-order valence-corrected chi connectivity index (χ2v) is 6.65. The molecule has 2 aromatic heterocycles. The number of benzene rings is 2. The van der Waals surface area contributed by atoms with Crippen LogP contribution in [0, 0.1) is 6.92 Å². The summed E-state index contributed by atoms with van der Waals surface area (Å²) in [5.74, 6) is 0.567. The first-order valence-electron chi connectivity index (χ1n) is 7.59. The molecule has 4 rings (SSSR count). The molecule has 4 aromatic rings. The van der Waals surface area contributed by atoms with Crippen LogP contribution in [0.4, 0.5) is 5.82 Å². The fourth-order valence-electron chi connectivity index (χ4n) is 2.72. The molecule has 0 spiro atoms. The Morgan fingerprint density at radius 2 is 1.79 bits per heavy atom. The first-order chi connectivity index (χ1) is 11.6. The van der Waals surface area contributed by atoms with Crippen molar-refractivity contribution in [2.75, 3.05) is 5.73 Å². The van der Waals surface area contributed by atoms with Crippen molar-refractivity contribution in [2.24, 2.45) is 0 Å². The minimum absolute atomic E-state index is 0.567. The number of aromatic nitrogens is 3. The second kappa shape index (κ2) is 5.76. The lowest BCUT2D eigenvalue weighted by molar-refractivity contribution is 0.954. The van der Waals surface area contributed by atoms with Crippen LogP contribution >= 0.6 is 15.9 Å². The highest BCUT2D eigenvalue weighted by Crippen LogP contribution is 2.29. The van der Waals surface area contributed by atoms with E-state index in [1.54, 1.807) is 10.7 Å². The van der Waals surface area contributed by atoms with E-state index in [9.17, 15) is 0 Å². The maximum atomic E-state index is 6.20. The lowest BCUT2D eigenvalue weighted by Crippen LogP contribution is -2.01. The van der Waals surface area contributed by atoms with Gasteiger partial charge < -0.3 is 5.73 Å². The lowest BCUT2D eigenvalue weighted by atomic mass is 10.1. The third-order valence-corrected chi connectivity index (χ3v) is 4.48. The van der Waals surface area contributed by atoms with E-state index in [1.165, 1.54) is 5.56 Å². The molecule has 5 heteroatoms. The van der Waals surface area contributed by atoms with Gasteiger partial charge in [-0.05, 0) is 24.6 Å². The van der Waals surface area contributed by atoms with Crippen LogP contribution in [-0.2, 0) is 0 Å². The van der Waals surface area contributed by atoms with Crippen LogP contribution in [0.25, 0.3) is 28.0 Å². The zero-order chi connectivity index (χ0) is 16.7. The van der Waals surface area contributed by atoms with Crippen LogP contribution in [0.15, 0.2) is 65.3 Å². The van der Waals surface area contributed by atoms with E-state index in [0.717, 1.165) is 32.5 Å². The van der Waals surface area contributed by atoms with Gasteiger partial charge >= 0.3 is 0 Å². The zero-order valence-corrected chi connectivity index (χ0v) is 14.7. The van der Waals surface area contributed by atoms with Gasteiger partial charge in [0.15, 0.2) is 5.65 Å². The number of hydrogen-bond donors (Lipinski definition) is 1. The summed E-state index contributed by atoms with van der Waals surface area (Å²) in [6, 6.07) is 18.2. The monoisotopic (exact) mass is 378 g/mol. The average molecular weight is 379 g/mol. The zero-order valence-electron chi connectivity index (χ0n) is 13.1. The average Bonchev–Trinajstić information content (AvgIpc) is 3.00. The van der Waals surface area contributed by atoms with E-state index in [2.05, 4.69) is 52.2 Å². The molecule has 0 aliphatic carbocycles. The summed E-state index contributed by atoms with van der Waals surface area (Å²) >= 11 is 3.51. The number of aryl methyl sites for hydroxylation is 1. The van der Waals surface area contributed by atoms with Crippen LogP contribution < -0.4 is 5.73 Å². The summed E-state index contributed by atoms with van der Waals surface area (Å²) < 4.78 is 2.69. The molecular formula is C19H15BrN4. The van der Waals surface area contributed by atoms with Crippen LogP contribution in [0.2, 0.25) is 0 Å². The first-order valence-corrected chi connectivity index (χ1v) is 8.38. The van der Waals surface area contributed by atoms with Gasteiger partial charge in [-0.1, -0.05) is 57.9 Å². The van der Waals surface area contributed by atoms with Gasteiger partial charge in [-0.15, -0.1) is 0 Å². The number of hydrogen-bond acceptors (Lipinski definition) is 3. The van der Waals surface area contributed by atoms with Gasteiger partial charge in [0.1, 0.15) is 5.82 Å². The number of rotatable bonds is 2. The molecule has 0 atom stereocenters. The molecule has 2 N–H and O–H groups in total. The van der Waals surface area contributed by atoms with Gasteiger partial charge in [0.25, 0.3) is 0 Å². The Kier molecular flexibility index (Phi) is 3.58. The summed E-state index contributed by atoms with van der Waals surface area (Å²) in [6.45, 7) is 2.07. The van der Waals surface area contributed by atoms with Crippen LogP contribution in [0.3, 0.4) is 0 Å². The van der Waals surface area contributed by atoms with Crippen LogP contribution in [-0.4, -0.2) is 14.6 Å². The molecule has 0 radical (unpaired) electrons. The van der Waals surface area contributed by atoms with Crippen molar-refractivity contribution in [3.05, 3.63) is 70.8 Å². The number of anilines is 1.